The Bertz CT molecular complexity index is 1130. The zero-order valence-corrected chi connectivity index (χ0v) is 18.9. The summed E-state index contributed by atoms with van der Waals surface area (Å²) in [6.45, 7) is 3.87. The lowest BCUT2D eigenvalue weighted by molar-refractivity contribution is -0.121. The van der Waals surface area contributed by atoms with Crippen molar-refractivity contribution in [3.8, 4) is 0 Å². The molecule has 0 bridgehead atoms. The van der Waals surface area contributed by atoms with Gasteiger partial charge in [-0.05, 0) is 30.5 Å². The van der Waals surface area contributed by atoms with E-state index < -0.39 is 10.0 Å². The third kappa shape index (κ3) is 6.51. The highest BCUT2D eigenvalue weighted by Gasteiger charge is 2.23. The van der Waals surface area contributed by atoms with Crippen LogP contribution in [0.4, 0.5) is 0 Å². The van der Waals surface area contributed by atoms with Crippen molar-refractivity contribution in [2.75, 3.05) is 12.8 Å². The lowest BCUT2D eigenvalue weighted by atomic mass is 9.97. The standard InChI is InChI=1S/C25H28N2O3S/c1-19-12-14-21(15-13-19)17-27(31(3,29)30)18-24(28)26-25(22-9-5-4-6-10-22)23-11-7-8-20(2)16-23/h4-16,25H,17-18H2,1-3H3,(H,26,28)/t25-/m0/s1. The van der Waals surface area contributed by atoms with Gasteiger partial charge >= 0.3 is 0 Å². The second kappa shape index (κ2) is 9.90. The molecular weight excluding hydrogens is 408 g/mol. The first-order chi connectivity index (χ1) is 14.7. The smallest absolute Gasteiger partial charge is 0.236 e. The van der Waals surface area contributed by atoms with Crippen LogP contribution in [0.5, 0.6) is 0 Å². The third-order valence-electron chi connectivity index (χ3n) is 5.08. The first-order valence-corrected chi connectivity index (χ1v) is 12.0. The summed E-state index contributed by atoms with van der Waals surface area (Å²) in [5, 5.41) is 3.03. The molecule has 0 radical (unpaired) electrons. The van der Waals surface area contributed by atoms with Crippen LogP contribution in [-0.4, -0.2) is 31.4 Å². The van der Waals surface area contributed by atoms with Crippen LogP contribution < -0.4 is 5.32 Å². The molecule has 31 heavy (non-hydrogen) atoms. The molecular formula is C25H28N2O3S. The zero-order chi connectivity index (χ0) is 22.4. The molecule has 0 aliphatic rings. The molecule has 5 nitrogen and oxygen atoms in total. The number of amides is 1. The largest absolute Gasteiger partial charge is 0.344 e. The summed E-state index contributed by atoms with van der Waals surface area (Å²) in [7, 11) is -3.57. The van der Waals surface area contributed by atoms with Crippen LogP contribution in [0, 0.1) is 13.8 Å². The molecule has 162 valence electrons. The average molecular weight is 437 g/mol. The number of carbonyl (C=O) groups is 1. The first-order valence-electron chi connectivity index (χ1n) is 10.1. The highest BCUT2D eigenvalue weighted by molar-refractivity contribution is 7.88. The Hall–Kier alpha value is -2.96. The van der Waals surface area contributed by atoms with Crippen molar-refractivity contribution in [2.45, 2.75) is 26.4 Å². The summed E-state index contributed by atoms with van der Waals surface area (Å²) in [6, 6.07) is 24.9. The monoisotopic (exact) mass is 436 g/mol. The fraction of sp³-hybridized carbons (Fsp3) is 0.240. The highest BCUT2D eigenvalue weighted by atomic mass is 32.2. The number of benzene rings is 3. The molecule has 0 heterocycles. The van der Waals surface area contributed by atoms with Crippen molar-refractivity contribution in [3.63, 3.8) is 0 Å². The van der Waals surface area contributed by atoms with E-state index in [0.29, 0.717) is 0 Å². The molecule has 0 unspecified atom stereocenters. The van der Waals surface area contributed by atoms with Crippen molar-refractivity contribution in [3.05, 3.63) is 107 Å². The second-order valence-corrected chi connectivity index (χ2v) is 9.82. The van der Waals surface area contributed by atoms with E-state index in [9.17, 15) is 13.2 Å². The number of hydrogen-bond acceptors (Lipinski definition) is 3. The van der Waals surface area contributed by atoms with Gasteiger partial charge in [0, 0.05) is 6.54 Å². The van der Waals surface area contributed by atoms with Crippen LogP contribution >= 0.6 is 0 Å². The minimum absolute atomic E-state index is 0.146. The number of rotatable bonds is 8. The Kier molecular flexibility index (Phi) is 7.25. The number of hydrogen-bond donors (Lipinski definition) is 1. The minimum Gasteiger partial charge on any atom is -0.344 e. The van der Waals surface area contributed by atoms with Gasteiger partial charge in [-0.1, -0.05) is 90.0 Å². The lowest BCUT2D eigenvalue weighted by Gasteiger charge is -2.24. The normalized spacial score (nSPS) is 12.5. The topological polar surface area (TPSA) is 66.5 Å². The van der Waals surface area contributed by atoms with E-state index in [1.165, 1.54) is 4.31 Å². The van der Waals surface area contributed by atoms with Gasteiger partial charge in [0.1, 0.15) is 0 Å². The number of sulfonamides is 1. The second-order valence-electron chi connectivity index (χ2n) is 7.84. The Labute approximate surface area is 184 Å². The fourth-order valence-electron chi connectivity index (χ4n) is 3.41. The predicted octanol–water partition coefficient (Wildman–Crippen LogP) is 3.97. The molecule has 1 N–H and O–H groups in total. The van der Waals surface area contributed by atoms with Crippen molar-refractivity contribution < 1.29 is 13.2 Å². The molecule has 0 fully saturated rings. The van der Waals surface area contributed by atoms with Gasteiger partial charge in [-0.3, -0.25) is 4.79 Å². The summed E-state index contributed by atoms with van der Waals surface area (Å²) >= 11 is 0. The molecule has 0 saturated heterocycles. The van der Waals surface area contributed by atoms with Crippen LogP contribution in [0.15, 0.2) is 78.9 Å². The maximum absolute atomic E-state index is 13.0. The number of carbonyl (C=O) groups excluding carboxylic acids is 1. The predicted molar refractivity (Wildman–Crippen MR) is 124 cm³/mol. The van der Waals surface area contributed by atoms with Gasteiger partial charge in [0.25, 0.3) is 0 Å². The van der Waals surface area contributed by atoms with Crippen molar-refractivity contribution in [1.82, 2.24) is 9.62 Å². The fourth-order valence-corrected chi connectivity index (χ4v) is 4.14. The van der Waals surface area contributed by atoms with Gasteiger partial charge in [-0.15, -0.1) is 0 Å². The molecule has 6 heteroatoms. The Morgan fingerprint density at radius 2 is 1.52 bits per heavy atom. The maximum atomic E-state index is 13.0. The van der Waals surface area contributed by atoms with Gasteiger partial charge < -0.3 is 5.32 Å². The van der Waals surface area contributed by atoms with Gasteiger partial charge in [-0.2, -0.15) is 4.31 Å². The van der Waals surface area contributed by atoms with E-state index in [-0.39, 0.29) is 25.0 Å². The number of nitrogens with zero attached hydrogens (tertiary/aromatic N) is 1. The van der Waals surface area contributed by atoms with Gasteiger partial charge in [-0.25, -0.2) is 8.42 Å². The quantitative estimate of drug-likeness (QED) is 0.581. The van der Waals surface area contributed by atoms with E-state index >= 15 is 0 Å². The molecule has 3 aromatic rings. The average Bonchev–Trinajstić information content (AvgIpc) is 2.73. The first kappa shape index (κ1) is 22.7. The highest BCUT2D eigenvalue weighted by Crippen LogP contribution is 2.23. The summed E-state index contributed by atoms with van der Waals surface area (Å²) < 4.78 is 25.9. The van der Waals surface area contributed by atoms with E-state index in [1.807, 2.05) is 92.7 Å². The van der Waals surface area contributed by atoms with Gasteiger partial charge in [0.05, 0.1) is 18.8 Å². The van der Waals surface area contributed by atoms with Crippen molar-refractivity contribution in [2.24, 2.45) is 0 Å². The molecule has 0 spiro atoms. The number of nitrogens with one attached hydrogen (secondary N) is 1. The third-order valence-corrected chi connectivity index (χ3v) is 6.28. The molecule has 0 aromatic heterocycles. The van der Waals surface area contributed by atoms with E-state index in [2.05, 4.69) is 5.32 Å². The Morgan fingerprint density at radius 1 is 0.871 bits per heavy atom. The van der Waals surface area contributed by atoms with Gasteiger partial charge in [0.15, 0.2) is 0 Å². The molecule has 0 aliphatic carbocycles. The van der Waals surface area contributed by atoms with E-state index in [0.717, 1.165) is 34.1 Å². The van der Waals surface area contributed by atoms with Crippen LogP contribution in [-0.2, 0) is 21.4 Å². The zero-order valence-electron chi connectivity index (χ0n) is 18.1. The van der Waals surface area contributed by atoms with Crippen LogP contribution in [0.25, 0.3) is 0 Å². The summed E-state index contributed by atoms with van der Waals surface area (Å²) in [4.78, 5) is 13.0. The molecule has 1 atom stereocenters. The van der Waals surface area contributed by atoms with Crippen molar-refractivity contribution in [1.29, 1.82) is 0 Å². The molecule has 0 saturated carbocycles. The van der Waals surface area contributed by atoms with E-state index in [1.54, 1.807) is 0 Å². The van der Waals surface area contributed by atoms with Crippen LogP contribution in [0.2, 0.25) is 0 Å². The minimum atomic E-state index is -3.57. The molecule has 3 rings (SSSR count). The summed E-state index contributed by atoms with van der Waals surface area (Å²) in [5.74, 6) is -0.354. The number of aryl methyl sites for hydroxylation is 2. The maximum Gasteiger partial charge on any atom is 0.236 e. The Balaban J connectivity index is 1.82. The Morgan fingerprint density at radius 3 is 2.13 bits per heavy atom. The van der Waals surface area contributed by atoms with Crippen molar-refractivity contribution >= 4 is 15.9 Å². The molecule has 1 amide bonds. The van der Waals surface area contributed by atoms with Crippen LogP contribution in [0.3, 0.4) is 0 Å². The summed E-state index contributed by atoms with van der Waals surface area (Å²) in [6.07, 6.45) is 1.13. The lowest BCUT2D eigenvalue weighted by Crippen LogP contribution is -2.41. The molecule has 0 aliphatic heterocycles. The SMILES string of the molecule is Cc1ccc(CN(CC(=O)N[C@@H](c2ccccc2)c2cccc(C)c2)S(C)(=O)=O)cc1. The van der Waals surface area contributed by atoms with Gasteiger partial charge in [0.2, 0.25) is 15.9 Å². The van der Waals surface area contributed by atoms with E-state index in [4.69, 9.17) is 0 Å². The van der Waals surface area contributed by atoms with Crippen LogP contribution in [0.1, 0.15) is 33.9 Å². The summed E-state index contributed by atoms with van der Waals surface area (Å²) in [5.41, 5.74) is 4.90. The molecule has 3 aromatic carbocycles.